The van der Waals surface area contributed by atoms with Crippen LogP contribution in [0.3, 0.4) is 0 Å². The maximum absolute atomic E-state index is 13.8. The van der Waals surface area contributed by atoms with Crippen molar-refractivity contribution in [2.24, 2.45) is 0 Å². The number of carbonyl (C=O) groups excluding carboxylic acids is 1. The number of carbonyl (C=O) groups is 1. The van der Waals surface area contributed by atoms with Gasteiger partial charge in [0, 0.05) is 23.5 Å². The van der Waals surface area contributed by atoms with Crippen molar-refractivity contribution in [3.8, 4) is 0 Å². The summed E-state index contributed by atoms with van der Waals surface area (Å²) in [6.45, 7) is 0.659. The van der Waals surface area contributed by atoms with E-state index in [1.165, 1.54) is 18.2 Å². The second kappa shape index (κ2) is 6.58. The Labute approximate surface area is 122 Å². The van der Waals surface area contributed by atoms with Gasteiger partial charge >= 0.3 is 0 Å². The summed E-state index contributed by atoms with van der Waals surface area (Å²) >= 11 is 11.6. The predicted octanol–water partition coefficient (Wildman–Crippen LogP) is 4.10. The maximum atomic E-state index is 13.8. The summed E-state index contributed by atoms with van der Waals surface area (Å²) < 4.78 is 13.8. The van der Waals surface area contributed by atoms with Gasteiger partial charge in [-0.25, -0.2) is 4.39 Å². The zero-order valence-corrected chi connectivity index (χ0v) is 12.1. The van der Waals surface area contributed by atoms with Gasteiger partial charge in [-0.05, 0) is 43.9 Å². The van der Waals surface area contributed by atoms with Crippen molar-refractivity contribution < 1.29 is 9.18 Å². The molecule has 2 rings (SSSR count). The zero-order chi connectivity index (χ0) is 13.8. The number of alkyl halides is 1. The van der Waals surface area contributed by atoms with E-state index in [4.69, 9.17) is 23.2 Å². The molecule has 2 nitrogen and oxygen atoms in total. The highest BCUT2D eigenvalue weighted by atomic mass is 35.5. The highest BCUT2D eigenvalue weighted by molar-refractivity contribution is 6.31. The first-order chi connectivity index (χ1) is 9.13. The summed E-state index contributed by atoms with van der Waals surface area (Å²) in [7, 11) is 0. The van der Waals surface area contributed by atoms with Crippen molar-refractivity contribution in [3.63, 3.8) is 0 Å². The summed E-state index contributed by atoms with van der Waals surface area (Å²) in [5.74, 6) is -0.300. The van der Waals surface area contributed by atoms with Crippen LogP contribution in [0.1, 0.15) is 36.0 Å². The van der Waals surface area contributed by atoms with E-state index in [0.717, 1.165) is 25.7 Å². The lowest BCUT2D eigenvalue weighted by Crippen LogP contribution is -2.44. The number of benzene rings is 1. The number of hydrogen-bond donors (Lipinski definition) is 0. The fraction of sp³-hybridized carbons (Fsp3) is 0.500. The van der Waals surface area contributed by atoms with Crippen LogP contribution in [0.5, 0.6) is 0 Å². The summed E-state index contributed by atoms with van der Waals surface area (Å²) in [6, 6.07) is 4.18. The molecule has 5 heteroatoms. The van der Waals surface area contributed by atoms with Crippen molar-refractivity contribution >= 4 is 29.1 Å². The first-order valence-electron chi connectivity index (χ1n) is 6.45. The minimum Gasteiger partial charge on any atom is -0.336 e. The van der Waals surface area contributed by atoms with Gasteiger partial charge in [0.25, 0.3) is 5.91 Å². The van der Waals surface area contributed by atoms with Gasteiger partial charge in [-0.1, -0.05) is 11.6 Å². The lowest BCUT2D eigenvalue weighted by Gasteiger charge is -2.35. The topological polar surface area (TPSA) is 20.3 Å². The number of hydrogen-bond acceptors (Lipinski definition) is 1. The average Bonchev–Trinajstić information content (AvgIpc) is 2.42. The molecule has 1 aliphatic rings. The van der Waals surface area contributed by atoms with Gasteiger partial charge in [0.2, 0.25) is 0 Å². The highest BCUT2D eigenvalue weighted by Crippen LogP contribution is 2.24. The number of amides is 1. The molecule has 0 radical (unpaired) electrons. The number of halogens is 3. The molecule has 0 spiro atoms. The highest BCUT2D eigenvalue weighted by Gasteiger charge is 2.28. The maximum Gasteiger partial charge on any atom is 0.257 e. The summed E-state index contributed by atoms with van der Waals surface area (Å²) in [5, 5.41) is 0.371. The quantitative estimate of drug-likeness (QED) is 0.770. The van der Waals surface area contributed by atoms with Crippen LogP contribution in [-0.4, -0.2) is 29.3 Å². The van der Waals surface area contributed by atoms with Gasteiger partial charge in [-0.2, -0.15) is 0 Å². The van der Waals surface area contributed by atoms with Crippen LogP contribution in [-0.2, 0) is 0 Å². The third kappa shape index (κ3) is 3.40. The van der Waals surface area contributed by atoms with Gasteiger partial charge < -0.3 is 4.90 Å². The fourth-order valence-electron chi connectivity index (χ4n) is 2.51. The Kier molecular flexibility index (Phi) is 5.06. The molecule has 1 heterocycles. The number of piperidine rings is 1. The van der Waals surface area contributed by atoms with Crippen LogP contribution in [0.15, 0.2) is 18.2 Å². The van der Waals surface area contributed by atoms with Gasteiger partial charge in [0.15, 0.2) is 0 Å². The molecule has 1 unspecified atom stereocenters. The molecule has 104 valence electrons. The molecule has 0 aliphatic carbocycles. The molecule has 1 fully saturated rings. The third-order valence-electron chi connectivity index (χ3n) is 3.49. The van der Waals surface area contributed by atoms with Crippen molar-refractivity contribution in [2.75, 3.05) is 12.4 Å². The normalized spacial score (nSPS) is 19.5. The summed E-state index contributed by atoms with van der Waals surface area (Å²) in [4.78, 5) is 14.2. The van der Waals surface area contributed by atoms with E-state index in [1.807, 2.05) is 0 Å². The third-order valence-corrected chi connectivity index (χ3v) is 3.94. The molecule has 19 heavy (non-hydrogen) atoms. The van der Waals surface area contributed by atoms with Crippen LogP contribution in [0.25, 0.3) is 0 Å². The van der Waals surface area contributed by atoms with Gasteiger partial charge in [0.1, 0.15) is 5.82 Å². The Morgan fingerprint density at radius 3 is 2.95 bits per heavy atom. The van der Waals surface area contributed by atoms with Gasteiger partial charge in [-0.15, -0.1) is 11.6 Å². The zero-order valence-electron chi connectivity index (χ0n) is 10.5. The van der Waals surface area contributed by atoms with E-state index in [-0.39, 0.29) is 17.5 Å². The second-order valence-electron chi connectivity index (χ2n) is 4.75. The van der Waals surface area contributed by atoms with Gasteiger partial charge in [-0.3, -0.25) is 4.79 Å². The Morgan fingerprint density at radius 1 is 1.42 bits per heavy atom. The largest absolute Gasteiger partial charge is 0.336 e. The molecule has 0 saturated carbocycles. The van der Waals surface area contributed by atoms with Crippen molar-refractivity contribution in [1.29, 1.82) is 0 Å². The molecule has 0 bridgehead atoms. The molecule has 0 aromatic heterocycles. The lowest BCUT2D eigenvalue weighted by molar-refractivity contribution is 0.0604. The fourth-order valence-corrected chi connectivity index (χ4v) is 2.93. The molecule has 1 amide bonds. The number of likely N-dealkylation sites (tertiary alicyclic amines) is 1. The summed E-state index contributed by atoms with van der Waals surface area (Å²) in [5.41, 5.74) is 0.0500. The van der Waals surface area contributed by atoms with E-state index in [9.17, 15) is 9.18 Å². The molecular formula is C14H16Cl2FNO. The second-order valence-corrected chi connectivity index (χ2v) is 5.56. The van der Waals surface area contributed by atoms with Crippen LogP contribution in [0.4, 0.5) is 4.39 Å². The van der Waals surface area contributed by atoms with E-state index in [1.54, 1.807) is 4.90 Å². The number of nitrogens with zero attached hydrogens (tertiary/aromatic N) is 1. The smallest absolute Gasteiger partial charge is 0.257 e. The molecule has 1 aromatic rings. The Balaban J connectivity index is 2.23. The average molecular weight is 304 g/mol. The Morgan fingerprint density at radius 2 is 2.21 bits per heavy atom. The SMILES string of the molecule is O=C(c1cc(Cl)ccc1F)N1CCCCC1CCCl. The lowest BCUT2D eigenvalue weighted by atomic mass is 9.98. The van der Waals surface area contributed by atoms with E-state index >= 15 is 0 Å². The van der Waals surface area contributed by atoms with Crippen LogP contribution >= 0.6 is 23.2 Å². The molecule has 1 aromatic carbocycles. The Hall–Kier alpha value is -0.800. The number of rotatable bonds is 3. The van der Waals surface area contributed by atoms with Crippen LogP contribution in [0.2, 0.25) is 5.02 Å². The van der Waals surface area contributed by atoms with Crippen molar-refractivity contribution in [2.45, 2.75) is 31.7 Å². The van der Waals surface area contributed by atoms with Gasteiger partial charge in [0.05, 0.1) is 5.56 Å². The monoisotopic (exact) mass is 303 g/mol. The van der Waals surface area contributed by atoms with E-state index in [0.29, 0.717) is 17.4 Å². The minimum absolute atomic E-state index is 0.0500. The van der Waals surface area contributed by atoms with E-state index < -0.39 is 5.82 Å². The molecule has 0 N–H and O–H groups in total. The standard InChI is InChI=1S/C14H16Cl2FNO/c15-7-6-11-3-1-2-8-18(11)14(19)12-9-10(16)4-5-13(12)17/h4-5,9,11H,1-3,6-8H2. The molecule has 1 saturated heterocycles. The van der Waals surface area contributed by atoms with E-state index in [2.05, 4.69) is 0 Å². The molecule has 1 atom stereocenters. The first-order valence-corrected chi connectivity index (χ1v) is 7.36. The van der Waals surface area contributed by atoms with Crippen molar-refractivity contribution in [3.05, 3.63) is 34.6 Å². The first kappa shape index (κ1) is 14.6. The molecule has 1 aliphatic heterocycles. The predicted molar refractivity (Wildman–Crippen MR) is 75.4 cm³/mol. The van der Waals surface area contributed by atoms with Crippen molar-refractivity contribution in [1.82, 2.24) is 4.90 Å². The summed E-state index contributed by atoms with van der Waals surface area (Å²) in [6.07, 6.45) is 3.71. The van der Waals surface area contributed by atoms with Crippen LogP contribution in [0, 0.1) is 5.82 Å². The molecular weight excluding hydrogens is 288 g/mol. The Bertz CT molecular complexity index is 465. The minimum atomic E-state index is -0.524. The van der Waals surface area contributed by atoms with Crippen LogP contribution < -0.4 is 0 Å².